The minimum Gasteiger partial charge on any atom is -0.346 e. The summed E-state index contributed by atoms with van der Waals surface area (Å²) in [5.41, 5.74) is 15.1. The van der Waals surface area contributed by atoms with E-state index in [9.17, 15) is 0 Å². The summed E-state index contributed by atoms with van der Waals surface area (Å²) in [6.07, 6.45) is 0. The maximum Gasteiger partial charge on any atom is 0.0574 e. The smallest absolute Gasteiger partial charge is 0.0574 e. The van der Waals surface area contributed by atoms with Crippen molar-refractivity contribution in [1.82, 2.24) is 4.57 Å². The lowest BCUT2D eigenvalue weighted by atomic mass is 10.1. The molecule has 0 aliphatic rings. The molecule has 15 heavy (non-hydrogen) atoms. The van der Waals surface area contributed by atoms with Gasteiger partial charge in [-0.3, -0.25) is 0 Å². The van der Waals surface area contributed by atoms with Crippen molar-refractivity contribution in [3.05, 3.63) is 35.5 Å². The third-order valence-electron chi connectivity index (χ3n) is 2.87. The van der Waals surface area contributed by atoms with E-state index < -0.39 is 0 Å². The molecule has 0 saturated heterocycles. The van der Waals surface area contributed by atoms with Gasteiger partial charge in [-0.05, 0) is 25.1 Å². The maximum absolute atomic E-state index is 5.95. The van der Waals surface area contributed by atoms with E-state index in [4.69, 9.17) is 11.5 Å². The van der Waals surface area contributed by atoms with Crippen molar-refractivity contribution in [2.75, 3.05) is 6.54 Å². The van der Waals surface area contributed by atoms with Gasteiger partial charge in [0.15, 0.2) is 0 Å². The Kier molecular flexibility index (Phi) is 2.50. The van der Waals surface area contributed by atoms with Crippen LogP contribution in [-0.4, -0.2) is 11.1 Å². The van der Waals surface area contributed by atoms with Gasteiger partial charge in [-0.25, -0.2) is 0 Å². The van der Waals surface area contributed by atoms with Crippen molar-refractivity contribution in [3.8, 4) is 0 Å². The zero-order chi connectivity index (χ0) is 11.0. The number of benzene rings is 1. The van der Waals surface area contributed by atoms with Crippen LogP contribution >= 0.6 is 0 Å². The van der Waals surface area contributed by atoms with E-state index in [1.165, 1.54) is 16.5 Å². The first-order valence-corrected chi connectivity index (χ1v) is 5.15. The first-order chi connectivity index (χ1) is 7.13. The monoisotopic (exact) mass is 203 g/mol. The van der Waals surface area contributed by atoms with Gasteiger partial charge in [0.05, 0.1) is 6.04 Å². The van der Waals surface area contributed by atoms with Crippen LogP contribution in [0.15, 0.2) is 24.3 Å². The van der Waals surface area contributed by atoms with Crippen LogP contribution in [0.25, 0.3) is 10.9 Å². The largest absolute Gasteiger partial charge is 0.346 e. The number of fused-ring (bicyclic) bond motifs is 1. The second-order valence-corrected chi connectivity index (χ2v) is 4.03. The molecule has 3 heteroatoms. The molecule has 0 fully saturated rings. The van der Waals surface area contributed by atoms with Crippen LogP contribution in [0.1, 0.15) is 17.3 Å². The SMILES string of the molecule is Cc1ccc2c(c1)cc(C(N)CN)n2C. The molecular formula is C12H17N3. The minimum absolute atomic E-state index is 0.0808. The zero-order valence-electron chi connectivity index (χ0n) is 9.20. The van der Waals surface area contributed by atoms with Gasteiger partial charge < -0.3 is 16.0 Å². The molecular weight excluding hydrogens is 186 g/mol. The molecule has 1 unspecified atom stereocenters. The highest BCUT2D eigenvalue weighted by atomic mass is 15.0. The molecule has 1 aromatic carbocycles. The minimum atomic E-state index is -0.0808. The molecule has 0 radical (unpaired) electrons. The molecule has 1 heterocycles. The van der Waals surface area contributed by atoms with Crippen LogP contribution in [-0.2, 0) is 7.05 Å². The van der Waals surface area contributed by atoms with Gasteiger partial charge in [-0.2, -0.15) is 0 Å². The van der Waals surface area contributed by atoms with E-state index >= 15 is 0 Å². The summed E-state index contributed by atoms with van der Waals surface area (Å²) in [5, 5.41) is 1.23. The van der Waals surface area contributed by atoms with Crippen LogP contribution < -0.4 is 11.5 Å². The van der Waals surface area contributed by atoms with E-state index in [2.05, 4.69) is 35.8 Å². The zero-order valence-corrected chi connectivity index (χ0v) is 9.20. The molecule has 0 aliphatic heterocycles. The molecule has 2 aromatic rings. The molecule has 1 atom stereocenters. The highest BCUT2D eigenvalue weighted by Gasteiger charge is 2.11. The standard InChI is InChI=1S/C12H17N3/c1-8-3-4-11-9(5-8)6-12(15(11)2)10(14)7-13/h3-6,10H,7,13-14H2,1-2H3. The van der Waals surface area contributed by atoms with Crippen molar-refractivity contribution < 1.29 is 0 Å². The Bertz CT molecular complexity index is 485. The van der Waals surface area contributed by atoms with Crippen molar-refractivity contribution in [2.24, 2.45) is 18.5 Å². The number of hydrogen-bond donors (Lipinski definition) is 2. The van der Waals surface area contributed by atoms with Gasteiger partial charge in [0.2, 0.25) is 0 Å². The summed E-state index contributed by atoms with van der Waals surface area (Å²) >= 11 is 0. The lowest BCUT2D eigenvalue weighted by Crippen LogP contribution is -2.22. The first kappa shape index (κ1) is 10.2. The van der Waals surface area contributed by atoms with Crippen molar-refractivity contribution in [3.63, 3.8) is 0 Å². The topological polar surface area (TPSA) is 57.0 Å². The summed E-state index contributed by atoms with van der Waals surface area (Å²) in [4.78, 5) is 0. The fraction of sp³-hybridized carbons (Fsp3) is 0.333. The lowest BCUT2D eigenvalue weighted by Gasteiger charge is -2.10. The molecule has 2 rings (SSSR count). The lowest BCUT2D eigenvalue weighted by molar-refractivity contribution is 0.675. The number of nitrogens with zero attached hydrogens (tertiary/aromatic N) is 1. The third kappa shape index (κ3) is 1.64. The van der Waals surface area contributed by atoms with Crippen LogP contribution in [0, 0.1) is 6.92 Å². The van der Waals surface area contributed by atoms with Gasteiger partial charge >= 0.3 is 0 Å². The normalized spacial score (nSPS) is 13.3. The van der Waals surface area contributed by atoms with E-state index in [1.807, 2.05) is 7.05 Å². The number of aromatic nitrogens is 1. The molecule has 1 aromatic heterocycles. The molecule has 4 N–H and O–H groups in total. The number of hydrogen-bond acceptors (Lipinski definition) is 2. The van der Waals surface area contributed by atoms with Gasteiger partial charge in [-0.15, -0.1) is 0 Å². The Hall–Kier alpha value is -1.32. The molecule has 3 nitrogen and oxygen atoms in total. The second-order valence-electron chi connectivity index (χ2n) is 4.03. The quantitative estimate of drug-likeness (QED) is 0.776. The number of nitrogens with two attached hydrogens (primary N) is 2. The van der Waals surface area contributed by atoms with Crippen molar-refractivity contribution in [1.29, 1.82) is 0 Å². The van der Waals surface area contributed by atoms with E-state index in [1.54, 1.807) is 0 Å². The van der Waals surface area contributed by atoms with Gasteiger partial charge in [-0.1, -0.05) is 11.6 Å². The Labute approximate surface area is 89.7 Å². The van der Waals surface area contributed by atoms with E-state index in [0.29, 0.717) is 6.54 Å². The fourth-order valence-corrected chi connectivity index (χ4v) is 1.97. The molecule has 0 spiro atoms. The van der Waals surface area contributed by atoms with E-state index in [0.717, 1.165) is 5.69 Å². The van der Waals surface area contributed by atoms with Crippen molar-refractivity contribution >= 4 is 10.9 Å². The highest BCUT2D eigenvalue weighted by Crippen LogP contribution is 2.22. The fourth-order valence-electron chi connectivity index (χ4n) is 1.97. The summed E-state index contributed by atoms with van der Waals surface area (Å²) in [5.74, 6) is 0. The van der Waals surface area contributed by atoms with Crippen LogP contribution in [0.5, 0.6) is 0 Å². The summed E-state index contributed by atoms with van der Waals surface area (Å²) in [6, 6.07) is 8.45. The number of aryl methyl sites for hydroxylation is 2. The van der Waals surface area contributed by atoms with Gasteiger partial charge in [0.1, 0.15) is 0 Å². The maximum atomic E-state index is 5.95. The average molecular weight is 203 g/mol. The second kappa shape index (κ2) is 3.68. The van der Waals surface area contributed by atoms with Crippen LogP contribution in [0.3, 0.4) is 0 Å². The predicted molar refractivity (Wildman–Crippen MR) is 63.6 cm³/mol. The molecule has 0 saturated carbocycles. The Morgan fingerprint density at radius 3 is 2.73 bits per heavy atom. The average Bonchev–Trinajstić information content (AvgIpc) is 2.54. The third-order valence-corrected chi connectivity index (χ3v) is 2.87. The molecule has 0 amide bonds. The first-order valence-electron chi connectivity index (χ1n) is 5.15. The molecule has 0 aliphatic carbocycles. The Morgan fingerprint density at radius 1 is 1.33 bits per heavy atom. The van der Waals surface area contributed by atoms with E-state index in [-0.39, 0.29) is 6.04 Å². The van der Waals surface area contributed by atoms with Gasteiger partial charge in [0, 0.05) is 30.2 Å². The Morgan fingerprint density at radius 2 is 2.07 bits per heavy atom. The predicted octanol–water partition coefficient (Wildman–Crippen LogP) is 1.45. The van der Waals surface area contributed by atoms with Crippen molar-refractivity contribution in [2.45, 2.75) is 13.0 Å². The molecule has 80 valence electrons. The van der Waals surface area contributed by atoms with Crippen LogP contribution in [0.2, 0.25) is 0 Å². The number of rotatable bonds is 2. The summed E-state index contributed by atoms with van der Waals surface area (Å²) in [6.45, 7) is 2.57. The summed E-state index contributed by atoms with van der Waals surface area (Å²) in [7, 11) is 2.03. The van der Waals surface area contributed by atoms with Gasteiger partial charge in [0.25, 0.3) is 0 Å². The highest BCUT2D eigenvalue weighted by molar-refractivity contribution is 5.82. The van der Waals surface area contributed by atoms with Crippen LogP contribution in [0.4, 0.5) is 0 Å². The summed E-state index contributed by atoms with van der Waals surface area (Å²) < 4.78 is 2.12. The molecule has 0 bridgehead atoms. The Balaban J connectivity index is 2.63.